The normalized spacial score (nSPS) is 15.4. The van der Waals surface area contributed by atoms with E-state index in [-0.39, 0.29) is 37.3 Å². The predicted molar refractivity (Wildman–Crippen MR) is 124 cm³/mol. The van der Waals surface area contributed by atoms with Gasteiger partial charge in [-0.15, -0.1) is 0 Å². The Morgan fingerprint density at radius 2 is 1.61 bits per heavy atom. The standard InChI is InChI=1S/C26H30N2O5/c1-26(2,24(31)28-13-17(14-28)11-12-23(29)30)16-27-25(32)33-15-22-20-9-5-3-7-18(20)19-8-4-6-10-21(19)22/h3-10,17,22H,11-16H2,1-2H3,(H,27,32)(H,29,30). The lowest BCUT2D eigenvalue weighted by Crippen LogP contribution is -2.56. The van der Waals surface area contributed by atoms with Gasteiger partial charge in [0, 0.05) is 32.0 Å². The number of carbonyl (C=O) groups excluding carboxylic acids is 2. The molecule has 1 saturated heterocycles. The van der Waals surface area contributed by atoms with Crippen molar-refractivity contribution in [3.8, 4) is 11.1 Å². The van der Waals surface area contributed by atoms with E-state index in [0.29, 0.717) is 19.5 Å². The average Bonchev–Trinajstić information content (AvgIpc) is 3.08. The number of nitrogens with one attached hydrogen (secondary N) is 1. The first-order valence-corrected chi connectivity index (χ1v) is 11.4. The van der Waals surface area contributed by atoms with Crippen LogP contribution in [0.4, 0.5) is 4.79 Å². The van der Waals surface area contributed by atoms with Crippen LogP contribution >= 0.6 is 0 Å². The van der Waals surface area contributed by atoms with Crippen molar-refractivity contribution in [2.75, 3.05) is 26.2 Å². The predicted octanol–water partition coefficient (Wildman–Crippen LogP) is 3.87. The second-order valence-corrected chi connectivity index (χ2v) is 9.57. The number of ether oxygens (including phenoxy) is 1. The van der Waals surface area contributed by atoms with Crippen molar-refractivity contribution in [1.29, 1.82) is 0 Å². The third kappa shape index (κ3) is 4.87. The summed E-state index contributed by atoms with van der Waals surface area (Å²) in [6.45, 7) is 5.12. The summed E-state index contributed by atoms with van der Waals surface area (Å²) in [5.41, 5.74) is 3.87. The second kappa shape index (κ2) is 9.25. The minimum absolute atomic E-state index is 0.0124. The number of rotatable bonds is 8. The summed E-state index contributed by atoms with van der Waals surface area (Å²) in [6.07, 6.45) is 0.164. The van der Waals surface area contributed by atoms with E-state index in [4.69, 9.17) is 9.84 Å². The summed E-state index contributed by atoms with van der Waals surface area (Å²) < 4.78 is 5.56. The van der Waals surface area contributed by atoms with Crippen LogP contribution in [0.1, 0.15) is 43.7 Å². The Bertz CT molecular complexity index is 1010. The minimum Gasteiger partial charge on any atom is -0.481 e. The van der Waals surface area contributed by atoms with Crippen molar-refractivity contribution in [2.45, 2.75) is 32.6 Å². The van der Waals surface area contributed by atoms with E-state index in [1.54, 1.807) is 18.7 Å². The molecule has 0 atom stereocenters. The molecule has 1 aliphatic heterocycles. The zero-order valence-electron chi connectivity index (χ0n) is 19.0. The van der Waals surface area contributed by atoms with Crippen LogP contribution in [-0.4, -0.2) is 54.2 Å². The number of carboxylic acids is 1. The lowest BCUT2D eigenvalue weighted by atomic mass is 9.87. The van der Waals surface area contributed by atoms with Gasteiger partial charge in [-0.3, -0.25) is 9.59 Å². The molecule has 2 aromatic rings. The number of alkyl carbamates (subject to hydrolysis) is 1. The Balaban J connectivity index is 1.27. The number of hydrogen-bond donors (Lipinski definition) is 2. The summed E-state index contributed by atoms with van der Waals surface area (Å²) in [7, 11) is 0. The molecule has 7 heteroatoms. The molecule has 2 aromatic carbocycles. The molecule has 7 nitrogen and oxygen atoms in total. The van der Waals surface area contributed by atoms with Crippen LogP contribution in [0, 0.1) is 11.3 Å². The molecule has 0 spiro atoms. The highest BCUT2D eigenvalue weighted by Gasteiger charge is 2.39. The molecular formula is C26H30N2O5. The van der Waals surface area contributed by atoms with Crippen molar-refractivity contribution in [3.05, 3.63) is 59.7 Å². The topological polar surface area (TPSA) is 95.9 Å². The first-order valence-electron chi connectivity index (χ1n) is 11.4. The number of aliphatic carboxylic acids is 1. The molecule has 0 saturated carbocycles. The highest BCUT2D eigenvalue weighted by Crippen LogP contribution is 2.44. The lowest BCUT2D eigenvalue weighted by molar-refractivity contribution is -0.147. The summed E-state index contributed by atoms with van der Waals surface area (Å²) in [4.78, 5) is 37.7. The van der Waals surface area contributed by atoms with Crippen LogP contribution in [0.15, 0.2) is 48.5 Å². The highest BCUT2D eigenvalue weighted by atomic mass is 16.5. The molecule has 1 aliphatic carbocycles. The number of fused-ring (bicyclic) bond motifs is 3. The molecular weight excluding hydrogens is 420 g/mol. The van der Waals surface area contributed by atoms with Crippen molar-refractivity contribution < 1.29 is 24.2 Å². The van der Waals surface area contributed by atoms with Gasteiger partial charge in [-0.25, -0.2) is 4.79 Å². The minimum atomic E-state index is -0.813. The maximum atomic E-state index is 12.8. The van der Waals surface area contributed by atoms with Gasteiger partial charge in [0.25, 0.3) is 0 Å². The van der Waals surface area contributed by atoms with E-state index in [9.17, 15) is 14.4 Å². The fourth-order valence-electron chi connectivity index (χ4n) is 4.69. The second-order valence-electron chi connectivity index (χ2n) is 9.57. The lowest BCUT2D eigenvalue weighted by Gasteiger charge is -2.43. The summed E-state index contributed by atoms with van der Waals surface area (Å²) in [5.74, 6) is -0.641. The zero-order valence-corrected chi connectivity index (χ0v) is 19.0. The molecule has 0 unspecified atom stereocenters. The third-order valence-electron chi connectivity index (χ3n) is 6.61. The van der Waals surface area contributed by atoms with Gasteiger partial charge in [0.2, 0.25) is 5.91 Å². The summed E-state index contributed by atoms with van der Waals surface area (Å²) in [5, 5.41) is 11.5. The van der Waals surface area contributed by atoms with Gasteiger partial charge >= 0.3 is 12.1 Å². The van der Waals surface area contributed by atoms with Crippen LogP contribution in [0.2, 0.25) is 0 Å². The number of hydrogen-bond acceptors (Lipinski definition) is 4. The van der Waals surface area contributed by atoms with Gasteiger partial charge in [-0.1, -0.05) is 48.5 Å². The molecule has 1 fully saturated rings. The number of likely N-dealkylation sites (tertiary alicyclic amines) is 1. The van der Waals surface area contributed by atoms with Crippen molar-refractivity contribution in [2.24, 2.45) is 11.3 Å². The molecule has 2 aliphatic rings. The fraction of sp³-hybridized carbons (Fsp3) is 0.423. The first-order chi connectivity index (χ1) is 15.8. The van der Waals surface area contributed by atoms with Gasteiger partial charge in [0.15, 0.2) is 0 Å². The number of carbonyl (C=O) groups is 3. The Hall–Kier alpha value is -3.35. The van der Waals surface area contributed by atoms with Crippen LogP contribution in [-0.2, 0) is 14.3 Å². The number of benzene rings is 2. The largest absolute Gasteiger partial charge is 0.481 e. The Labute approximate surface area is 193 Å². The number of amides is 2. The van der Waals surface area contributed by atoms with E-state index >= 15 is 0 Å². The van der Waals surface area contributed by atoms with Crippen LogP contribution in [0.25, 0.3) is 11.1 Å². The van der Waals surface area contributed by atoms with E-state index in [2.05, 4.69) is 29.6 Å². The summed E-state index contributed by atoms with van der Waals surface area (Å²) in [6, 6.07) is 16.3. The monoisotopic (exact) mass is 450 g/mol. The van der Waals surface area contributed by atoms with Crippen LogP contribution < -0.4 is 5.32 Å². The molecule has 174 valence electrons. The molecule has 33 heavy (non-hydrogen) atoms. The molecule has 1 heterocycles. The van der Waals surface area contributed by atoms with E-state index in [1.165, 1.54) is 11.1 Å². The Morgan fingerprint density at radius 1 is 1.03 bits per heavy atom. The molecule has 0 bridgehead atoms. The number of carboxylic acid groups (broad SMARTS) is 1. The van der Waals surface area contributed by atoms with E-state index in [0.717, 1.165) is 11.1 Å². The average molecular weight is 451 g/mol. The molecule has 2 N–H and O–H groups in total. The maximum absolute atomic E-state index is 12.8. The van der Waals surface area contributed by atoms with Gasteiger partial charge in [0.05, 0.1) is 5.41 Å². The fourth-order valence-corrected chi connectivity index (χ4v) is 4.69. The van der Waals surface area contributed by atoms with E-state index in [1.807, 2.05) is 24.3 Å². The van der Waals surface area contributed by atoms with Crippen LogP contribution in [0.3, 0.4) is 0 Å². The highest BCUT2D eigenvalue weighted by molar-refractivity contribution is 5.83. The van der Waals surface area contributed by atoms with Gasteiger partial charge in [-0.05, 0) is 48.4 Å². The van der Waals surface area contributed by atoms with E-state index < -0.39 is 17.5 Å². The van der Waals surface area contributed by atoms with Crippen LogP contribution in [0.5, 0.6) is 0 Å². The Morgan fingerprint density at radius 3 is 2.18 bits per heavy atom. The quantitative estimate of drug-likeness (QED) is 0.636. The van der Waals surface area contributed by atoms with Crippen molar-refractivity contribution in [1.82, 2.24) is 10.2 Å². The van der Waals surface area contributed by atoms with Gasteiger partial charge in [0.1, 0.15) is 6.61 Å². The zero-order chi connectivity index (χ0) is 23.6. The number of nitrogens with zero attached hydrogens (tertiary/aromatic N) is 1. The molecule has 0 radical (unpaired) electrons. The van der Waals surface area contributed by atoms with Gasteiger partial charge in [-0.2, -0.15) is 0 Å². The van der Waals surface area contributed by atoms with Crippen molar-refractivity contribution in [3.63, 3.8) is 0 Å². The first kappa shape index (κ1) is 22.8. The Kier molecular flexibility index (Phi) is 6.40. The molecule has 0 aromatic heterocycles. The van der Waals surface area contributed by atoms with Crippen molar-refractivity contribution >= 4 is 18.0 Å². The maximum Gasteiger partial charge on any atom is 0.407 e. The SMILES string of the molecule is CC(C)(CNC(=O)OCC1c2ccccc2-c2ccccc21)C(=O)N1CC(CCC(=O)O)C1. The summed E-state index contributed by atoms with van der Waals surface area (Å²) >= 11 is 0. The molecule has 2 amide bonds. The van der Waals surface area contributed by atoms with Gasteiger partial charge < -0.3 is 20.1 Å². The molecule has 4 rings (SSSR count). The third-order valence-corrected chi connectivity index (χ3v) is 6.61. The smallest absolute Gasteiger partial charge is 0.407 e.